The van der Waals surface area contributed by atoms with E-state index in [4.69, 9.17) is 13.0 Å². The minimum Gasteiger partial charge on any atom is -0.481 e. The number of nitrogens with one attached hydrogen (secondary N) is 3. The van der Waals surface area contributed by atoms with E-state index in [2.05, 4.69) is 16.0 Å². The molecule has 0 spiro atoms. The number of likely N-dealkylation sites (N-methyl/N-ethyl adjacent to an activating group) is 1. The molecule has 2 radical (unpaired) electrons. The van der Waals surface area contributed by atoms with E-state index in [0.717, 1.165) is 0 Å². The van der Waals surface area contributed by atoms with Gasteiger partial charge in [0.05, 0.1) is 18.1 Å². The van der Waals surface area contributed by atoms with Gasteiger partial charge >= 0.3 is 17.8 Å². The normalized spacial score (nSPS) is 12.7. The highest BCUT2D eigenvalue weighted by Crippen LogP contribution is 1.94. The van der Waals surface area contributed by atoms with Gasteiger partial charge in [0.15, 0.2) is 7.85 Å². The zero-order valence-corrected chi connectivity index (χ0v) is 10.9. The highest BCUT2D eigenvalue weighted by atomic mass is 16.4. The zero-order chi connectivity index (χ0) is 15.9. The van der Waals surface area contributed by atoms with Crippen LogP contribution in [0.4, 0.5) is 0 Å². The fourth-order valence-corrected chi connectivity index (χ4v) is 1.14. The van der Waals surface area contributed by atoms with Crippen molar-refractivity contribution in [1.82, 2.24) is 16.0 Å². The Kier molecular flexibility index (Phi) is 6.98. The summed E-state index contributed by atoms with van der Waals surface area (Å²) in [5, 5.41) is 14.7. The van der Waals surface area contributed by atoms with Crippen molar-refractivity contribution in [3.05, 3.63) is 0 Å². The molecule has 20 heavy (non-hydrogen) atoms. The molecule has 10 heteroatoms. The third-order valence-electron chi connectivity index (χ3n) is 2.21. The molecule has 0 rings (SSSR count). The van der Waals surface area contributed by atoms with Crippen LogP contribution in [-0.2, 0) is 24.0 Å². The average Bonchev–Trinajstić information content (AvgIpc) is 2.35. The molecule has 2 atom stereocenters. The van der Waals surface area contributed by atoms with Gasteiger partial charge in [0.25, 0.3) is 0 Å². The predicted octanol–water partition coefficient (Wildman–Crippen LogP) is -3.11. The summed E-state index contributed by atoms with van der Waals surface area (Å²) in [4.78, 5) is 55.2. The summed E-state index contributed by atoms with van der Waals surface area (Å²) in [6, 6.07) is -2.55. The van der Waals surface area contributed by atoms with Crippen LogP contribution in [0.1, 0.15) is 13.3 Å². The lowest BCUT2D eigenvalue weighted by atomic mass is 9.92. The Morgan fingerprint density at radius 3 is 2.05 bits per heavy atom. The van der Waals surface area contributed by atoms with E-state index in [1.54, 1.807) is 0 Å². The van der Waals surface area contributed by atoms with Crippen LogP contribution in [0.25, 0.3) is 0 Å². The van der Waals surface area contributed by atoms with Crippen LogP contribution in [0.3, 0.4) is 0 Å². The number of aliphatic carboxylic acids is 1. The Morgan fingerprint density at radius 2 is 1.65 bits per heavy atom. The zero-order valence-electron chi connectivity index (χ0n) is 10.9. The van der Waals surface area contributed by atoms with Gasteiger partial charge in [-0.3, -0.25) is 19.2 Å². The molecule has 0 aliphatic carbocycles. The fourth-order valence-electron chi connectivity index (χ4n) is 1.14. The molecule has 0 aromatic heterocycles. The third-order valence-corrected chi connectivity index (χ3v) is 2.21. The first-order valence-electron chi connectivity index (χ1n) is 5.53. The summed E-state index contributed by atoms with van der Waals surface area (Å²) in [6.45, 7) is 1.26. The van der Waals surface area contributed by atoms with Gasteiger partial charge in [-0.05, 0) is 6.92 Å². The van der Waals surface area contributed by atoms with Crippen molar-refractivity contribution in [2.75, 3.05) is 7.05 Å². The topological polar surface area (TPSA) is 142 Å². The van der Waals surface area contributed by atoms with E-state index in [1.165, 1.54) is 14.0 Å². The molecule has 0 aliphatic heterocycles. The maximum atomic E-state index is 11.6. The quantitative estimate of drug-likeness (QED) is 0.300. The molecule has 0 aromatic carbocycles. The van der Waals surface area contributed by atoms with E-state index in [1.807, 2.05) is 0 Å². The number of carbonyl (C=O) groups is 5. The van der Waals surface area contributed by atoms with Gasteiger partial charge in [-0.1, -0.05) is 0 Å². The van der Waals surface area contributed by atoms with Crippen molar-refractivity contribution in [3.8, 4) is 0 Å². The Hall–Kier alpha value is -2.39. The molecule has 108 valence electrons. The second-order valence-electron chi connectivity index (χ2n) is 3.84. The number of carbonyl (C=O) groups excluding carboxylic acids is 4. The summed E-state index contributed by atoms with van der Waals surface area (Å²) < 4.78 is 0. The molecular formula is C10H14BN3O6. The minimum absolute atomic E-state index is 0.683. The Balaban J connectivity index is 4.57. The third kappa shape index (κ3) is 5.98. The predicted molar refractivity (Wildman–Crippen MR) is 66.6 cm³/mol. The molecule has 0 saturated carbocycles. The van der Waals surface area contributed by atoms with Gasteiger partial charge in [0.2, 0.25) is 5.91 Å². The Bertz CT molecular complexity index is 439. The van der Waals surface area contributed by atoms with Gasteiger partial charge in [-0.2, -0.15) is 0 Å². The maximum absolute atomic E-state index is 11.6. The van der Waals surface area contributed by atoms with Gasteiger partial charge in [0, 0.05) is 7.05 Å². The molecular weight excluding hydrogens is 269 g/mol. The first-order chi connectivity index (χ1) is 9.18. The lowest BCUT2D eigenvalue weighted by Crippen LogP contribution is -2.53. The molecule has 0 unspecified atom stereocenters. The van der Waals surface area contributed by atoms with Gasteiger partial charge < -0.3 is 25.9 Å². The van der Waals surface area contributed by atoms with Crippen molar-refractivity contribution in [1.29, 1.82) is 0 Å². The first kappa shape index (κ1) is 17.6. The fraction of sp³-hybridized carbons (Fsp3) is 0.500. The van der Waals surface area contributed by atoms with E-state index in [0.29, 0.717) is 0 Å². The van der Waals surface area contributed by atoms with Crippen LogP contribution in [0, 0.1) is 0 Å². The monoisotopic (exact) mass is 283 g/mol. The SMILES string of the molecule is [B]C(=O)[C@H](CC(=O)O)NC(=O)[C@H](C)NC(=O)C(=O)NC. The van der Waals surface area contributed by atoms with Crippen LogP contribution in [0.15, 0.2) is 0 Å². The van der Waals surface area contributed by atoms with Gasteiger partial charge in [0.1, 0.15) is 6.04 Å². The second kappa shape index (κ2) is 7.92. The maximum Gasteiger partial charge on any atom is 0.309 e. The summed E-state index contributed by atoms with van der Waals surface area (Å²) in [6.07, 6.45) is -0.683. The number of carboxylic acid groups (broad SMARTS) is 1. The molecule has 3 amide bonds. The van der Waals surface area contributed by atoms with Crippen molar-refractivity contribution < 1.29 is 29.1 Å². The van der Waals surface area contributed by atoms with E-state index < -0.39 is 47.9 Å². The Labute approximate surface area is 115 Å². The largest absolute Gasteiger partial charge is 0.481 e. The molecule has 4 N–H and O–H groups in total. The lowest BCUT2D eigenvalue weighted by molar-refractivity contribution is -0.141. The molecule has 0 aromatic rings. The smallest absolute Gasteiger partial charge is 0.309 e. The number of amides is 3. The lowest BCUT2D eigenvalue weighted by Gasteiger charge is -2.18. The van der Waals surface area contributed by atoms with E-state index in [-0.39, 0.29) is 0 Å². The number of hydrogen-bond donors (Lipinski definition) is 4. The standard InChI is InChI=1S/C10H14BN3O6/c1-4(13-10(20)9(19)12-2)8(18)14-5(7(11)17)3-6(15)16/h4-5H,3H2,1-2H3,(H,12,19)(H,13,20)(H,14,18)(H,15,16)/t4-,5-/m0/s1. The van der Waals surface area contributed by atoms with Crippen LogP contribution in [0.2, 0.25) is 0 Å². The highest BCUT2D eigenvalue weighted by molar-refractivity contribution is 6.59. The Morgan fingerprint density at radius 1 is 1.10 bits per heavy atom. The number of carboxylic acids is 1. The van der Waals surface area contributed by atoms with Gasteiger partial charge in [-0.25, -0.2) is 0 Å². The van der Waals surface area contributed by atoms with E-state index >= 15 is 0 Å². The molecule has 0 saturated heterocycles. The highest BCUT2D eigenvalue weighted by Gasteiger charge is 2.24. The average molecular weight is 283 g/mol. The van der Waals surface area contributed by atoms with Crippen molar-refractivity contribution in [2.45, 2.75) is 25.4 Å². The molecule has 9 nitrogen and oxygen atoms in total. The number of hydrogen-bond acceptors (Lipinski definition) is 5. The first-order valence-corrected chi connectivity index (χ1v) is 5.53. The molecule has 0 fully saturated rings. The van der Waals surface area contributed by atoms with Crippen molar-refractivity contribution in [3.63, 3.8) is 0 Å². The second-order valence-corrected chi connectivity index (χ2v) is 3.84. The van der Waals surface area contributed by atoms with Crippen LogP contribution >= 0.6 is 0 Å². The van der Waals surface area contributed by atoms with Crippen LogP contribution < -0.4 is 16.0 Å². The minimum atomic E-state index is -1.40. The summed E-state index contributed by atoms with van der Waals surface area (Å²) >= 11 is 0. The molecule has 0 heterocycles. The summed E-state index contributed by atoms with van der Waals surface area (Å²) in [5.74, 6) is -4.14. The molecule has 0 bridgehead atoms. The van der Waals surface area contributed by atoms with E-state index in [9.17, 15) is 24.0 Å². The van der Waals surface area contributed by atoms with Gasteiger partial charge in [-0.15, -0.1) is 0 Å². The number of rotatable bonds is 6. The van der Waals surface area contributed by atoms with Crippen LogP contribution in [0.5, 0.6) is 0 Å². The summed E-state index contributed by atoms with van der Waals surface area (Å²) in [7, 11) is 6.17. The van der Waals surface area contributed by atoms with Crippen molar-refractivity contribution >= 4 is 37.2 Å². The van der Waals surface area contributed by atoms with Crippen LogP contribution in [-0.4, -0.2) is 61.5 Å². The van der Waals surface area contributed by atoms with Crippen molar-refractivity contribution in [2.24, 2.45) is 0 Å². The molecule has 0 aliphatic rings. The summed E-state index contributed by atoms with van der Waals surface area (Å²) in [5.41, 5.74) is -1.02.